The van der Waals surface area contributed by atoms with Gasteiger partial charge in [0, 0.05) is 6.42 Å². The number of furan rings is 1. The first-order chi connectivity index (χ1) is 11.9. The lowest BCUT2D eigenvalue weighted by molar-refractivity contribution is 0.521. The molecule has 0 saturated carbocycles. The van der Waals surface area contributed by atoms with Crippen LogP contribution >= 0.6 is 0 Å². The zero-order valence-electron chi connectivity index (χ0n) is 15.7. The molecule has 1 nitrogen and oxygen atoms in total. The van der Waals surface area contributed by atoms with Crippen LogP contribution in [0.3, 0.4) is 0 Å². The Labute approximate surface area is 150 Å². The molecule has 0 fully saturated rings. The smallest absolute Gasteiger partial charge is 0.130 e. The van der Waals surface area contributed by atoms with Gasteiger partial charge in [-0.25, -0.2) is 0 Å². The number of hydrogen-bond donors (Lipinski definition) is 0. The molecular weight excluding hydrogens is 304 g/mol. The number of fused-ring (bicyclic) bond motifs is 1. The first-order valence-electron chi connectivity index (χ1n) is 8.92. The van der Waals surface area contributed by atoms with Crippen molar-refractivity contribution in [2.24, 2.45) is 0 Å². The predicted octanol–water partition coefficient (Wildman–Crippen LogP) is 6.59. The maximum absolute atomic E-state index is 5.86. The van der Waals surface area contributed by atoms with E-state index in [-0.39, 0.29) is 0 Å². The Morgan fingerprint density at radius 2 is 1.52 bits per heavy atom. The molecular formula is C24H24O. The minimum Gasteiger partial charge on any atom is -0.462 e. The highest BCUT2D eigenvalue weighted by Gasteiger charge is 2.21. The van der Waals surface area contributed by atoms with E-state index < -0.39 is 0 Å². The first kappa shape index (κ1) is 16.0. The fourth-order valence-corrected chi connectivity index (χ4v) is 3.85. The summed E-state index contributed by atoms with van der Waals surface area (Å²) in [6.45, 7) is 10.8. The van der Waals surface area contributed by atoms with Gasteiger partial charge in [0.2, 0.25) is 0 Å². The normalized spacial score (nSPS) is 13.1. The summed E-state index contributed by atoms with van der Waals surface area (Å²) in [4.78, 5) is 0. The minimum atomic E-state index is 0.944. The van der Waals surface area contributed by atoms with Crippen molar-refractivity contribution in [2.45, 2.75) is 41.0 Å². The number of allylic oxidation sites excluding steroid dienone is 1. The van der Waals surface area contributed by atoms with Gasteiger partial charge in [-0.3, -0.25) is 0 Å². The van der Waals surface area contributed by atoms with Gasteiger partial charge < -0.3 is 4.42 Å². The zero-order valence-corrected chi connectivity index (χ0v) is 15.7. The molecule has 4 rings (SSSR count). The molecule has 0 unspecified atom stereocenters. The van der Waals surface area contributed by atoms with E-state index in [9.17, 15) is 0 Å². The lowest BCUT2D eigenvalue weighted by Gasteiger charge is -2.15. The molecule has 25 heavy (non-hydrogen) atoms. The van der Waals surface area contributed by atoms with Crippen LogP contribution in [0.25, 0.3) is 22.8 Å². The van der Waals surface area contributed by atoms with Crippen molar-refractivity contribution in [2.75, 3.05) is 0 Å². The first-order valence-corrected chi connectivity index (χ1v) is 8.92. The molecule has 2 aromatic carbocycles. The number of rotatable bonds is 2. The number of aryl methyl sites for hydroxylation is 4. The third kappa shape index (κ3) is 2.64. The molecule has 0 amide bonds. The van der Waals surface area contributed by atoms with Gasteiger partial charge in [-0.2, -0.15) is 0 Å². The molecule has 1 aliphatic rings. The fraction of sp³-hybridized carbons (Fsp3) is 0.250. The molecule has 0 aliphatic heterocycles. The molecule has 0 spiro atoms. The summed E-state index contributed by atoms with van der Waals surface area (Å²) >= 11 is 0. The van der Waals surface area contributed by atoms with Crippen LogP contribution in [0.5, 0.6) is 0 Å². The molecule has 0 radical (unpaired) electrons. The van der Waals surface area contributed by atoms with Crippen LogP contribution < -0.4 is 0 Å². The second-order valence-electron chi connectivity index (χ2n) is 7.32. The number of benzene rings is 2. The zero-order chi connectivity index (χ0) is 17.7. The lowest BCUT2D eigenvalue weighted by atomic mass is 9.89. The van der Waals surface area contributed by atoms with E-state index in [1.54, 1.807) is 0 Å². The Bertz CT molecular complexity index is 992. The van der Waals surface area contributed by atoms with Crippen LogP contribution in [0.1, 0.15) is 44.9 Å². The minimum absolute atomic E-state index is 0.944. The largest absolute Gasteiger partial charge is 0.462 e. The van der Waals surface area contributed by atoms with Gasteiger partial charge in [0.25, 0.3) is 0 Å². The standard InChI is InChI=1S/C24H24O/c1-14-6-8-19-12-20(23-9-7-17(4)25-23)13-22(19)24(14)21-10-15(2)18(5)16(3)11-21/h6-11,13H,12H2,1-5H3. The highest BCUT2D eigenvalue weighted by Crippen LogP contribution is 2.40. The molecule has 0 N–H and O–H groups in total. The summed E-state index contributed by atoms with van der Waals surface area (Å²) in [5.74, 6) is 1.96. The van der Waals surface area contributed by atoms with Gasteiger partial charge in [-0.1, -0.05) is 24.3 Å². The van der Waals surface area contributed by atoms with Crippen molar-refractivity contribution in [1.29, 1.82) is 0 Å². The molecule has 1 aromatic heterocycles. The average Bonchev–Trinajstić information content (AvgIpc) is 3.18. The lowest BCUT2D eigenvalue weighted by Crippen LogP contribution is -1.94. The Balaban J connectivity index is 1.89. The Hall–Kier alpha value is -2.54. The molecule has 1 aliphatic carbocycles. The third-order valence-electron chi connectivity index (χ3n) is 5.52. The van der Waals surface area contributed by atoms with Gasteiger partial charge in [-0.15, -0.1) is 0 Å². The van der Waals surface area contributed by atoms with Crippen molar-refractivity contribution in [3.63, 3.8) is 0 Å². The second-order valence-corrected chi connectivity index (χ2v) is 7.32. The predicted molar refractivity (Wildman–Crippen MR) is 106 cm³/mol. The van der Waals surface area contributed by atoms with Crippen LogP contribution in [0.4, 0.5) is 0 Å². The van der Waals surface area contributed by atoms with Crippen molar-refractivity contribution in [1.82, 2.24) is 0 Å². The molecule has 3 aromatic rings. The quantitative estimate of drug-likeness (QED) is 0.517. The van der Waals surface area contributed by atoms with E-state index in [2.05, 4.69) is 64.1 Å². The summed E-state index contributed by atoms with van der Waals surface area (Å²) in [5.41, 5.74) is 12.1. The Morgan fingerprint density at radius 1 is 0.800 bits per heavy atom. The maximum atomic E-state index is 5.86. The number of hydrogen-bond acceptors (Lipinski definition) is 1. The van der Waals surface area contributed by atoms with Crippen molar-refractivity contribution < 1.29 is 4.42 Å². The fourth-order valence-electron chi connectivity index (χ4n) is 3.85. The van der Waals surface area contributed by atoms with Crippen molar-refractivity contribution in [3.05, 3.63) is 81.3 Å². The van der Waals surface area contributed by atoms with Crippen LogP contribution in [-0.2, 0) is 6.42 Å². The SMILES string of the molecule is Cc1ccc(C2=Cc3c(ccc(C)c3-c3cc(C)c(C)c(C)c3)C2)o1. The molecule has 0 bridgehead atoms. The average molecular weight is 328 g/mol. The van der Waals surface area contributed by atoms with Gasteiger partial charge >= 0.3 is 0 Å². The summed E-state index contributed by atoms with van der Waals surface area (Å²) in [5, 5.41) is 0. The van der Waals surface area contributed by atoms with E-state index in [4.69, 9.17) is 4.42 Å². The summed E-state index contributed by atoms with van der Waals surface area (Å²) in [6.07, 6.45) is 3.26. The van der Waals surface area contributed by atoms with E-state index >= 15 is 0 Å². The summed E-state index contributed by atoms with van der Waals surface area (Å²) in [6, 6.07) is 13.3. The third-order valence-corrected chi connectivity index (χ3v) is 5.52. The van der Waals surface area contributed by atoms with Crippen LogP contribution in [0.15, 0.2) is 40.8 Å². The molecule has 126 valence electrons. The second kappa shape index (κ2) is 5.77. The Kier molecular flexibility index (Phi) is 3.68. The van der Waals surface area contributed by atoms with Crippen LogP contribution in [-0.4, -0.2) is 0 Å². The maximum Gasteiger partial charge on any atom is 0.130 e. The summed E-state index contributed by atoms with van der Waals surface area (Å²) in [7, 11) is 0. The van der Waals surface area contributed by atoms with Gasteiger partial charge in [0.05, 0.1) is 0 Å². The highest BCUT2D eigenvalue weighted by molar-refractivity contribution is 5.94. The molecule has 1 heteroatoms. The van der Waals surface area contributed by atoms with Crippen molar-refractivity contribution in [3.8, 4) is 11.1 Å². The highest BCUT2D eigenvalue weighted by atomic mass is 16.3. The van der Waals surface area contributed by atoms with E-state index in [0.717, 1.165) is 17.9 Å². The van der Waals surface area contributed by atoms with Crippen LogP contribution in [0.2, 0.25) is 0 Å². The van der Waals surface area contributed by atoms with E-state index in [1.807, 2.05) is 13.0 Å². The summed E-state index contributed by atoms with van der Waals surface area (Å²) < 4.78 is 5.86. The topological polar surface area (TPSA) is 13.1 Å². The van der Waals surface area contributed by atoms with Gasteiger partial charge in [0.15, 0.2) is 0 Å². The van der Waals surface area contributed by atoms with Crippen LogP contribution in [0, 0.1) is 34.6 Å². The molecule has 1 heterocycles. The van der Waals surface area contributed by atoms with E-state index in [0.29, 0.717) is 0 Å². The van der Waals surface area contributed by atoms with Crippen molar-refractivity contribution >= 4 is 11.6 Å². The molecule has 0 atom stereocenters. The monoisotopic (exact) mass is 328 g/mol. The van der Waals surface area contributed by atoms with Gasteiger partial charge in [0.1, 0.15) is 11.5 Å². The van der Waals surface area contributed by atoms with E-state index in [1.165, 1.54) is 50.1 Å². The Morgan fingerprint density at radius 3 is 2.16 bits per heavy atom. The van der Waals surface area contributed by atoms with Gasteiger partial charge in [-0.05, 0) is 103 Å². The molecule has 0 saturated heterocycles.